The third-order valence-electron chi connectivity index (χ3n) is 3.86. The lowest BCUT2D eigenvalue weighted by atomic mass is 9.95. The van der Waals surface area contributed by atoms with Crippen LogP contribution in [0.4, 0.5) is 0 Å². The average molecular weight is 249 g/mol. The molecule has 1 heterocycles. The second-order valence-electron chi connectivity index (χ2n) is 5.30. The molecule has 1 aromatic rings. The van der Waals surface area contributed by atoms with Crippen LogP contribution in [0.25, 0.3) is 0 Å². The maximum Gasteiger partial charge on any atom is 0.192 e. The maximum atomic E-state index is 5.95. The fourth-order valence-corrected chi connectivity index (χ4v) is 2.38. The van der Waals surface area contributed by atoms with Crippen molar-refractivity contribution in [3.05, 3.63) is 34.4 Å². The van der Waals surface area contributed by atoms with E-state index in [1.165, 1.54) is 16.7 Å². The van der Waals surface area contributed by atoms with Crippen molar-refractivity contribution in [2.45, 2.75) is 39.5 Å². The van der Waals surface area contributed by atoms with Crippen molar-refractivity contribution in [3.63, 3.8) is 0 Å². The SMILES string of the molecule is CNC1COC(C)(c2cc(C)c(C)cc2C)OC1. The number of likely N-dealkylation sites (N-methyl/N-ethyl adjacent to an activating group) is 1. The molecule has 0 bridgehead atoms. The Morgan fingerprint density at radius 1 is 1.06 bits per heavy atom. The number of hydrogen-bond donors (Lipinski definition) is 1. The van der Waals surface area contributed by atoms with E-state index in [4.69, 9.17) is 9.47 Å². The fourth-order valence-electron chi connectivity index (χ4n) is 2.38. The molecule has 1 saturated heterocycles. The normalized spacial score (nSPS) is 28.4. The molecule has 0 saturated carbocycles. The van der Waals surface area contributed by atoms with Gasteiger partial charge in [0.25, 0.3) is 0 Å². The standard InChI is InChI=1S/C15H23NO2/c1-10-6-12(3)14(7-11(10)2)15(4)17-8-13(16-5)9-18-15/h6-7,13,16H,8-9H2,1-5H3. The lowest BCUT2D eigenvalue weighted by Crippen LogP contribution is -2.47. The molecule has 0 unspecified atom stereocenters. The minimum absolute atomic E-state index is 0.282. The molecule has 1 aliphatic heterocycles. The molecule has 0 radical (unpaired) electrons. The van der Waals surface area contributed by atoms with Gasteiger partial charge in [-0.2, -0.15) is 0 Å². The molecular weight excluding hydrogens is 226 g/mol. The third-order valence-corrected chi connectivity index (χ3v) is 3.86. The number of aryl methyl sites for hydroxylation is 3. The summed E-state index contributed by atoms with van der Waals surface area (Å²) < 4.78 is 11.9. The largest absolute Gasteiger partial charge is 0.344 e. The van der Waals surface area contributed by atoms with E-state index < -0.39 is 5.79 Å². The third kappa shape index (κ3) is 2.44. The zero-order chi connectivity index (χ0) is 13.3. The van der Waals surface area contributed by atoms with Gasteiger partial charge in [-0.15, -0.1) is 0 Å². The molecule has 0 aliphatic carbocycles. The molecule has 1 aromatic carbocycles. The Labute approximate surface area is 109 Å². The van der Waals surface area contributed by atoms with Crippen LogP contribution in [-0.4, -0.2) is 26.3 Å². The smallest absolute Gasteiger partial charge is 0.192 e. The van der Waals surface area contributed by atoms with Crippen LogP contribution < -0.4 is 5.32 Å². The molecule has 0 amide bonds. The summed E-state index contributed by atoms with van der Waals surface area (Å²) in [4.78, 5) is 0. The van der Waals surface area contributed by atoms with E-state index in [2.05, 4.69) is 38.2 Å². The number of nitrogens with one attached hydrogen (secondary N) is 1. The van der Waals surface area contributed by atoms with E-state index in [-0.39, 0.29) is 6.04 Å². The summed E-state index contributed by atoms with van der Waals surface area (Å²) in [6.07, 6.45) is 0. The minimum atomic E-state index is -0.615. The first-order chi connectivity index (χ1) is 8.46. The van der Waals surface area contributed by atoms with Crippen LogP contribution >= 0.6 is 0 Å². The van der Waals surface area contributed by atoms with Gasteiger partial charge in [-0.25, -0.2) is 0 Å². The first-order valence-corrected chi connectivity index (χ1v) is 6.50. The first kappa shape index (κ1) is 13.5. The molecule has 0 atom stereocenters. The quantitative estimate of drug-likeness (QED) is 0.873. The van der Waals surface area contributed by atoms with Crippen LogP contribution in [0.2, 0.25) is 0 Å². The van der Waals surface area contributed by atoms with E-state index in [1.807, 2.05) is 14.0 Å². The van der Waals surface area contributed by atoms with Crippen LogP contribution in [-0.2, 0) is 15.3 Å². The summed E-state index contributed by atoms with van der Waals surface area (Å²) in [5.74, 6) is -0.615. The van der Waals surface area contributed by atoms with E-state index in [9.17, 15) is 0 Å². The van der Waals surface area contributed by atoms with Gasteiger partial charge in [-0.3, -0.25) is 0 Å². The maximum absolute atomic E-state index is 5.95. The molecule has 3 nitrogen and oxygen atoms in total. The van der Waals surface area contributed by atoms with Crippen LogP contribution in [0.1, 0.15) is 29.2 Å². The van der Waals surface area contributed by atoms with Gasteiger partial charge < -0.3 is 14.8 Å². The molecule has 2 rings (SSSR count). The van der Waals surface area contributed by atoms with Crippen molar-refractivity contribution >= 4 is 0 Å². The molecule has 0 aromatic heterocycles. The van der Waals surface area contributed by atoms with Gasteiger partial charge in [0.05, 0.1) is 19.3 Å². The van der Waals surface area contributed by atoms with Crippen LogP contribution in [0, 0.1) is 20.8 Å². The predicted octanol–water partition coefficient (Wildman–Crippen LogP) is 2.42. The topological polar surface area (TPSA) is 30.5 Å². The Morgan fingerprint density at radius 3 is 2.17 bits per heavy atom. The Bertz CT molecular complexity index is 434. The Hall–Kier alpha value is -0.900. The highest BCUT2D eigenvalue weighted by atomic mass is 16.7. The summed E-state index contributed by atoms with van der Waals surface area (Å²) in [6.45, 7) is 9.74. The number of hydrogen-bond acceptors (Lipinski definition) is 3. The molecule has 18 heavy (non-hydrogen) atoms. The van der Waals surface area contributed by atoms with Crippen LogP contribution in [0.5, 0.6) is 0 Å². The summed E-state index contributed by atoms with van der Waals surface area (Å²) in [7, 11) is 1.93. The Morgan fingerprint density at radius 2 is 1.61 bits per heavy atom. The van der Waals surface area contributed by atoms with Gasteiger partial charge in [0.2, 0.25) is 0 Å². The monoisotopic (exact) mass is 249 g/mol. The molecule has 3 heteroatoms. The minimum Gasteiger partial charge on any atom is -0.344 e. The highest BCUT2D eigenvalue weighted by Gasteiger charge is 2.35. The second-order valence-corrected chi connectivity index (χ2v) is 5.30. The lowest BCUT2D eigenvalue weighted by molar-refractivity contribution is -0.272. The molecular formula is C15H23NO2. The molecule has 1 fully saturated rings. The first-order valence-electron chi connectivity index (χ1n) is 6.50. The predicted molar refractivity (Wildman–Crippen MR) is 72.8 cm³/mol. The van der Waals surface area contributed by atoms with Crippen molar-refractivity contribution in [3.8, 4) is 0 Å². The van der Waals surface area contributed by atoms with Gasteiger partial charge in [-0.1, -0.05) is 12.1 Å². The van der Waals surface area contributed by atoms with Gasteiger partial charge in [0, 0.05) is 5.56 Å². The fraction of sp³-hybridized carbons (Fsp3) is 0.600. The molecule has 1 aliphatic rings. The highest BCUT2D eigenvalue weighted by Crippen LogP contribution is 2.33. The van der Waals surface area contributed by atoms with E-state index in [1.54, 1.807) is 0 Å². The summed E-state index contributed by atoms with van der Waals surface area (Å²) in [6, 6.07) is 4.67. The number of benzene rings is 1. The van der Waals surface area contributed by atoms with Crippen molar-refractivity contribution in [2.24, 2.45) is 0 Å². The number of ether oxygens (including phenoxy) is 2. The average Bonchev–Trinajstić information content (AvgIpc) is 2.34. The zero-order valence-electron chi connectivity index (χ0n) is 12.0. The second kappa shape index (κ2) is 5.00. The van der Waals surface area contributed by atoms with Gasteiger partial charge in [0.1, 0.15) is 0 Å². The van der Waals surface area contributed by atoms with Crippen molar-refractivity contribution < 1.29 is 9.47 Å². The van der Waals surface area contributed by atoms with Gasteiger partial charge >= 0.3 is 0 Å². The van der Waals surface area contributed by atoms with Crippen molar-refractivity contribution in [1.82, 2.24) is 5.32 Å². The van der Waals surface area contributed by atoms with E-state index >= 15 is 0 Å². The molecule has 100 valence electrons. The Kier molecular flexibility index (Phi) is 3.76. The number of rotatable bonds is 2. The lowest BCUT2D eigenvalue weighted by Gasteiger charge is -2.38. The molecule has 1 N–H and O–H groups in total. The van der Waals surface area contributed by atoms with Gasteiger partial charge in [-0.05, 0) is 51.4 Å². The summed E-state index contributed by atoms with van der Waals surface area (Å²) in [5.41, 5.74) is 4.95. The zero-order valence-corrected chi connectivity index (χ0v) is 12.0. The van der Waals surface area contributed by atoms with Crippen LogP contribution in [0.15, 0.2) is 12.1 Å². The van der Waals surface area contributed by atoms with Crippen molar-refractivity contribution in [1.29, 1.82) is 0 Å². The summed E-state index contributed by atoms with van der Waals surface area (Å²) in [5, 5.41) is 3.18. The van der Waals surface area contributed by atoms with E-state index in [0.717, 1.165) is 5.56 Å². The Balaban J connectivity index is 2.28. The molecule has 0 spiro atoms. The van der Waals surface area contributed by atoms with E-state index in [0.29, 0.717) is 13.2 Å². The van der Waals surface area contributed by atoms with Gasteiger partial charge in [0.15, 0.2) is 5.79 Å². The highest BCUT2D eigenvalue weighted by molar-refractivity contribution is 5.38. The summed E-state index contributed by atoms with van der Waals surface area (Å²) >= 11 is 0. The van der Waals surface area contributed by atoms with Crippen LogP contribution in [0.3, 0.4) is 0 Å². The van der Waals surface area contributed by atoms with Crippen molar-refractivity contribution in [2.75, 3.05) is 20.3 Å².